The molecule has 0 aliphatic carbocycles. The molecule has 1 amide bonds. The number of rotatable bonds is 9. The van der Waals surface area contributed by atoms with Gasteiger partial charge >= 0.3 is 5.97 Å². The molecule has 0 unspecified atom stereocenters. The van der Waals surface area contributed by atoms with Crippen molar-refractivity contribution in [3.8, 4) is 5.75 Å². The van der Waals surface area contributed by atoms with E-state index < -0.39 is 29.3 Å². The summed E-state index contributed by atoms with van der Waals surface area (Å²) in [6.45, 7) is 1.78. The van der Waals surface area contributed by atoms with Crippen molar-refractivity contribution in [1.29, 1.82) is 0 Å². The zero-order chi connectivity index (χ0) is 19.6. The van der Waals surface area contributed by atoms with E-state index in [1.807, 2.05) is 24.3 Å². The van der Waals surface area contributed by atoms with Crippen molar-refractivity contribution in [2.24, 2.45) is 0 Å². The van der Waals surface area contributed by atoms with Crippen LogP contribution in [0.2, 0.25) is 0 Å². The Balaban J connectivity index is 1.84. The van der Waals surface area contributed by atoms with E-state index in [2.05, 4.69) is 5.32 Å². The van der Waals surface area contributed by atoms with Gasteiger partial charge in [-0.05, 0) is 30.2 Å². The van der Waals surface area contributed by atoms with E-state index in [0.29, 0.717) is 23.6 Å². The predicted molar refractivity (Wildman–Crippen MR) is 103 cm³/mol. The summed E-state index contributed by atoms with van der Waals surface area (Å²) in [5.41, 5.74) is 1.20. The summed E-state index contributed by atoms with van der Waals surface area (Å²) in [5, 5.41) is 2.71. The van der Waals surface area contributed by atoms with Crippen LogP contribution in [0.5, 0.6) is 5.75 Å². The highest BCUT2D eigenvalue weighted by Gasteiger charge is 2.17. The van der Waals surface area contributed by atoms with E-state index in [-0.39, 0.29) is 5.56 Å². The van der Waals surface area contributed by atoms with Gasteiger partial charge in [0.05, 0.1) is 28.4 Å². The topological polar surface area (TPSA) is 81.7 Å². The minimum atomic E-state index is -1.28. The maximum atomic E-state index is 12.2. The smallest absolute Gasteiger partial charge is 0.339 e. The molecule has 0 spiro atoms. The van der Waals surface area contributed by atoms with E-state index in [4.69, 9.17) is 9.47 Å². The molecule has 0 saturated carbocycles. The molecule has 0 aliphatic heterocycles. The number of benzene rings is 2. The third kappa shape index (κ3) is 5.92. The van der Waals surface area contributed by atoms with Crippen LogP contribution in [0, 0.1) is 0 Å². The Kier molecular flexibility index (Phi) is 8.00. The first kappa shape index (κ1) is 20.6. The van der Waals surface area contributed by atoms with Gasteiger partial charge in [0.2, 0.25) is 0 Å². The van der Waals surface area contributed by atoms with Crippen LogP contribution in [-0.4, -0.2) is 42.1 Å². The monoisotopic (exact) mass is 389 g/mol. The second-order valence-corrected chi connectivity index (χ2v) is 7.33. The van der Waals surface area contributed by atoms with Gasteiger partial charge in [0.1, 0.15) is 5.75 Å². The fraction of sp³-hybridized carbons (Fsp3) is 0.300. The Bertz CT molecular complexity index is 822. The lowest BCUT2D eigenvalue weighted by atomic mass is 10.1. The van der Waals surface area contributed by atoms with Gasteiger partial charge in [-0.1, -0.05) is 37.3 Å². The number of ether oxygens (including phenoxy) is 2. The number of methoxy groups -OCH3 is 1. The zero-order valence-corrected chi connectivity index (χ0v) is 16.2. The number of amides is 1. The summed E-state index contributed by atoms with van der Waals surface area (Å²) in [5.74, 6) is 0.103. The summed E-state index contributed by atoms with van der Waals surface area (Å²) in [7, 11) is 0.318. The van der Waals surface area contributed by atoms with Gasteiger partial charge < -0.3 is 14.8 Å². The van der Waals surface area contributed by atoms with Crippen LogP contribution in [0.1, 0.15) is 22.8 Å². The molecule has 0 aromatic heterocycles. The molecule has 1 atom stereocenters. The van der Waals surface area contributed by atoms with Crippen LogP contribution in [0.25, 0.3) is 0 Å². The van der Waals surface area contributed by atoms with Crippen LogP contribution in [0.4, 0.5) is 0 Å². The average molecular weight is 389 g/mol. The molecule has 0 radical (unpaired) electrons. The van der Waals surface area contributed by atoms with Crippen LogP contribution in [0.15, 0.2) is 53.4 Å². The molecule has 6 nitrogen and oxygen atoms in total. The molecule has 0 fully saturated rings. The molecular formula is C20H23NO5S. The molecule has 1 N–H and O–H groups in total. The zero-order valence-electron chi connectivity index (χ0n) is 15.4. The second kappa shape index (κ2) is 10.5. The minimum Gasteiger partial charge on any atom is -0.496 e. The van der Waals surface area contributed by atoms with Crippen LogP contribution < -0.4 is 10.1 Å². The highest BCUT2D eigenvalue weighted by Crippen LogP contribution is 2.17. The number of esters is 1. The first-order valence-electron chi connectivity index (χ1n) is 8.60. The Morgan fingerprint density at radius 1 is 1.07 bits per heavy atom. The van der Waals surface area contributed by atoms with Crippen molar-refractivity contribution in [3.05, 3.63) is 59.7 Å². The predicted octanol–water partition coefficient (Wildman–Crippen LogP) is 2.34. The van der Waals surface area contributed by atoms with Gasteiger partial charge in [0.25, 0.3) is 5.91 Å². The average Bonchev–Trinajstić information content (AvgIpc) is 2.71. The van der Waals surface area contributed by atoms with E-state index in [0.717, 1.165) is 11.3 Å². The van der Waals surface area contributed by atoms with E-state index in [1.54, 1.807) is 38.3 Å². The number of para-hydroxylation sites is 1. The van der Waals surface area contributed by atoms with Crippen LogP contribution in [0.3, 0.4) is 0 Å². The molecule has 144 valence electrons. The van der Waals surface area contributed by atoms with Gasteiger partial charge in [-0.3, -0.25) is 9.00 Å². The highest BCUT2D eigenvalue weighted by molar-refractivity contribution is 7.85. The van der Waals surface area contributed by atoms with Crippen molar-refractivity contribution in [2.75, 3.05) is 26.0 Å². The summed E-state index contributed by atoms with van der Waals surface area (Å²) < 4.78 is 22.3. The number of nitrogens with one attached hydrogen (secondary N) is 1. The molecule has 2 rings (SSSR count). The van der Waals surface area contributed by atoms with E-state index in [1.165, 1.54) is 0 Å². The summed E-state index contributed by atoms with van der Waals surface area (Å²) in [4.78, 5) is 24.6. The molecule has 0 bridgehead atoms. The van der Waals surface area contributed by atoms with Crippen molar-refractivity contribution < 1.29 is 23.3 Å². The normalized spacial score (nSPS) is 11.5. The minimum absolute atomic E-state index is 0.222. The fourth-order valence-electron chi connectivity index (χ4n) is 2.50. The standard InChI is InChI=1S/C20H23NO5S/c1-3-27(24)18-11-7-5-9-16(18)20(23)26-14-19(22)21-13-12-15-8-4-6-10-17(15)25-2/h4-11H,3,12-14H2,1-2H3,(H,21,22)/t27-/m1/s1. The number of hydrogen-bond donors (Lipinski definition) is 1. The number of hydrogen-bond acceptors (Lipinski definition) is 5. The molecule has 2 aromatic rings. The summed E-state index contributed by atoms with van der Waals surface area (Å²) in [6, 6.07) is 14.1. The lowest BCUT2D eigenvalue weighted by molar-refractivity contribution is -0.124. The summed E-state index contributed by atoms with van der Waals surface area (Å²) in [6.07, 6.45) is 0.599. The van der Waals surface area contributed by atoms with Gasteiger partial charge in [0, 0.05) is 12.3 Å². The maximum absolute atomic E-state index is 12.2. The Hall–Kier alpha value is -2.67. The first-order chi connectivity index (χ1) is 13.1. The molecule has 0 aliphatic rings. The number of carbonyl (C=O) groups excluding carboxylic acids is 2. The largest absolute Gasteiger partial charge is 0.496 e. The van der Waals surface area contributed by atoms with Crippen molar-refractivity contribution in [1.82, 2.24) is 5.32 Å². The molecule has 0 heterocycles. The number of carbonyl (C=O) groups is 2. The van der Waals surface area contributed by atoms with Gasteiger partial charge in [0.15, 0.2) is 6.61 Å². The van der Waals surface area contributed by atoms with Crippen molar-refractivity contribution >= 4 is 22.7 Å². The van der Waals surface area contributed by atoms with Crippen molar-refractivity contribution in [3.63, 3.8) is 0 Å². The van der Waals surface area contributed by atoms with Gasteiger partial charge in [-0.15, -0.1) is 0 Å². The Morgan fingerprint density at radius 3 is 2.52 bits per heavy atom. The molecule has 27 heavy (non-hydrogen) atoms. The lowest BCUT2D eigenvalue weighted by Crippen LogP contribution is -2.30. The summed E-state index contributed by atoms with van der Waals surface area (Å²) >= 11 is 0. The molecule has 2 aromatic carbocycles. The SMILES string of the molecule is CC[S@@](=O)c1ccccc1C(=O)OCC(=O)NCCc1ccccc1OC. The van der Waals surface area contributed by atoms with Crippen molar-refractivity contribution in [2.45, 2.75) is 18.2 Å². The third-order valence-electron chi connectivity index (χ3n) is 3.86. The third-order valence-corrected chi connectivity index (χ3v) is 5.23. The maximum Gasteiger partial charge on any atom is 0.339 e. The van der Waals surface area contributed by atoms with Gasteiger partial charge in [-0.2, -0.15) is 0 Å². The first-order valence-corrected chi connectivity index (χ1v) is 9.91. The Labute approximate surface area is 161 Å². The van der Waals surface area contributed by atoms with Crippen LogP contribution >= 0.6 is 0 Å². The van der Waals surface area contributed by atoms with E-state index >= 15 is 0 Å². The van der Waals surface area contributed by atoms with Crippen LogP contribution in [-0.2, 0) is 26.8 Å². The quantitative estimate of drug-likeness (QED) is 0.666. The van der Waals surface area contributed by atoms with Gasteiger partial charge in [-0.25, -0.2) is 4.79 Å². The molecule has 7 heteroatoms. The molecular weight excluding hydrogens is 366 g/mol. The highest BCUT2D eigenvalue weighted by atomic mass is 32.2. The Morgan fingerprint density at radius 2 is 1.78 bits per heavy atom. The fourth-order valence-corrected chi connectivity index (χ4v) is 3.43. The second-order valence-electron chi connectivity index (χ2n) is 5.62. The lowest BCUT2D eigenvalue weighted by Gasteiger charge is -2.10. The van der Waals surface area contributed by atoms with E-state index in [9.17, 15) is 13.8 Å². The molecule has 0 saturated heterocycles.